The maximum absolute atomic E-state index is 12.0. The molecule has 3 rings (SSSR count). The molecule has 114 valence electrons. The number of nitrogens with zero attached hydrogens (tertiary/aromatic N) is 2. The lowest BCUT2D eigenvalue weighted by Gasteiger charge is -2.37. The van der Waals surface area contributed by atoms with E-state index in [-0.39, 0.29) is 23.4 Å². The molecule has 1 atom stereocenters. The van der Waals surface area contributed by atoms with E-state index in [9.17, 15) is 9.59 Å². The molecule has 1 saturated carbocycles. The summed E-state index contributed by atoms with van der Waals surface area (Å²) in [5.41, 5.74) is -0.189. The number of aromatic nitrogens is 2. The summed E-state index contributed by atoms with van der Waals surface area (Å²) in [6.45, 7) is 1.58. The topological polar surface area (TPSA) is 78.1 Å². The van der Waals surface area contributed by atoms with Gasteiger partial charge in [0.25, 0.3) is 5.56 Å². The second-order valence-corrected chi connectivity index (χ2v) is 6.00. The van der Waals surface area contributed by atoms with Crippen LogP contribution in [0.3, 0.4) is 0 Å². The molecule has 0 spiro atoms. The molecule has 1 aliphatic carbocycles. The lowest BCUT2D eigenvalue weighted by molar-refractivity contribution is -0.127. The molecule has 0 bridgehead atoms. The van der Waals surface area contributed by atoms with Crippen molar-refractivity contribution in [3.63, 3.8) is 0 Å². The van der Waals surface area contributed by atoms with Gasteiger partial charge in [0.15, 0.2) is 0 Å². The van der Waals surface area contributed by atoms with Crippen LogP contribution in [-0.2, 0) is 4.79 Å². The normalized spacial score (nSPS) is 22.7. The standard InChI is InChI=1S/C15H22N4O2/c20-14-8-7-13(17-18-14)19-9-2-1-6-12(19)10-16-15(21)11-4-3-5-11/h7-8,11-12H,1-6,9-10H2,(H,16,21)(H,18,20). The van der Waals surface area contributed by atoms with Gasteiger partial charge in [-0.15, -0.1) is 0 Å². The molecule has 1 aromatic rings. The maximum Gasteiger partial charge on any atom is 0.264 e. The summed E-state index contributed by atoms with van der Waals surface area (Å²) in [7, 11) is 0. The molecule has 1 unspecified atom stereocenters. The van der Waals surface area contributed by atoms with E-state index in [0.29, 0.717) is 6.54 Å². The molecule has 0 aromatic carbocycles. The Morgan fingerprint density at radius 2 is 2.14 bits per heavy atom. The van der Waals surface area contributed by atoms with Crippen molar-refractivity contribution in [2.24, 2.45) is 5.92 Å². The highest BCUT2D eigenvalue weighted by atomic mass is 16.2. The van der Waals surface area contributed by atoms with Crippen molar-refractivity contribution in [3.8, 4) is 0 Å². The van der Waals surface area contributed by atoms with Crippen LogP contribution < -0.4 is 15.8 Å². The number of amides is 1. The number of aromatic amines is 1. The van der Waals surface area contributed by atoms with Gasteiger partial charge in [-0.3, -0.25) is 9.59 Å². The van der Waals surface area contributed by atoms with Crippen LogP contribution in [0.4, 0.5) is 5.82 Å². The molecular formula is C15H22N4O2. The molecule has 6 nitrogen and oxygen atoms in total. The monoisotopic (exact) mass is 290 g/mol. The number of anilines is 1. The van der Waals surface area contributed by atoms with Crippen molar-refractivity contribution in [2.45, 2.75) is 44.6 Å². The Morgan fingerprint density at radius 3 is 2.81 bits per heavy atom. The van der Waals surface area contributed by atoms with Crippen molar-refractivity contribution >= 4 is 11.7 Å². The van der Waals surface area contributed by atoms with Crippen molar-refractivity contribution in [1.29, 1.82) is 0 Å². The van der Waals surface area contributed by atoms with Gasteiger partial charge < -0.3 is 10.2 Å². The molecule has 1 aromatic heterocycles. The van der Waals surface area contributed by atoms with Gasteiger partial charge in [0.2, 0.25) is 5.91 Å². The number of carbonyl (C=O) groups is 1. The number of carbonyl (C=O) groups excluding carboxylic acids is 1. The van der Waals surface area contributed by atoms with Gasteiger partial charge in [-0.25, -0.2) is 5.10 Å². The van der Waals surface area contributed by atoms with Gasteiger partial charge in [-0.05, 0) is 38.2 Å². The number of hydrogen-bond donors (Lipinski definition) is 2. The SMILES string of the molecule is O=C(NCC1CCCCN1c1ccc(=O)[nH]n1)C1CCC1. The third-order valence-corrected chi connectivity index (χ3v) is 4.57. The lowest BCUT2D eigenvalue weighted by atomic mass is 9.85. The first-order valence-corrected chi connectivity index (χ1v) is 7.84. The van der Waals surface area contributed by atoms with E-state index in [2.05, 4.69) is 20.4 Å². The van der Waals surface area contributed by atoms with Crippen LogP contribution in [0.25, 0.3) is 0 Å². The molecule has 2 N–H and O–H groups in total. The summed E-state index contributed by atoms with van der Waals surface area (Å²) >= 11 is 0. The first kappa shape index (κ1) is 14.1. The van der Waals surface area contributed by atoms with Gasteiger partial charge in [0.05, 0.1) is 0 Å². The van der Waals surface area contributed by atoms with E-state index in [1.165, 1.54) is 18.9 Å². The van der Waals surface area contributed by atoms with Crippen LogP contribution in [0.1, 0.15) is 38.5 Å². The van der Waals surface area contributed by atoms with E-state index >= 15 is 0 Å². The number of piperidine rings is 1. The zero-order valence-electron chi connectivity index (χ0n) is 12.2. The van der Waals surface area contributed by atoms with Gasteiger partial charge >= 0.3 is 0 Å². The highest BCUT2D eigenvalue weighted by molar-refractivity contribution is 5.79. The molecule has 2 aliphatic rings. The summed E-state index contributed by atoms with van der Waals surface area (Å²) in [5, 5.41) is 9.69. The van der Waals surface area contributed by atoms with Crippen molar-refractivity contribution < 1.29 is 4.79 Å². The second-order valence-electron chi connectivity index (χ2n) is 6.00. The molecule has 1 amide bonds. The Balaban J connectivity index is 1.62. The summed E-state index contributed by atoms with van der Waals surface area (Å²) in [5.74, 6) is 1.21. The van der Waals surface area contributed by atoms with Gasteiger partial charge in [-0.2, -0.15) is 5.10 Å². The second kappa shape index (κ2) is 6.28. The fourth-order valence-corrected chi connectivity index (χ4v) is 3.04. The number of rotatable bonds is 4. The molecule has 1 aliphatic heterocycles. The van der Waals surface area contributed by atoms with E-state index in [1.54, 1.807) is 6.07 Å². The summed E-state index contributed by atoms with van der Waals surface area (Å²) in [6.07, 6.45) is 6.57. The number of H-pyrrole nitrogens is 1. The maximum atomic E-state index is 12.0. The fraction of sp³-hybridized carbons (Fsp3) is 0.667. The molecule has 0 radical (unpaired) electrons. The van der Waals surface area contributed by atoms with Crippen LogP contribution in [-0.4, -0.2) is 35.2 Å². The number of nitrogens with one attached hydrogen (secondary N) is 2. The molecule has 1 saturated heterocycles. The Bertz CT molecular complexity index is 532. The lowest BCUT2D eigenvalue weighted by Crippen LogP contribution is -2.48. The predicted molar refractivity (Wildman–Crippen MR) is 80.2 cm³/mol. The Morgan fingerprint density at radius 1 is 1.29 bits per heavy atom. The van der Waals surface area contributed by atoms with Gasteiger partial charge in [0.1, 0.15) is 5.82 Å². The van der Waals surface area contributed by atoms with Crippen LogP contribution in [0, 0.1) is 5.92 Å². The quantitative estimate of drug-likeness (QED) is 0.868. The Hall–Kier alpha value is -1.85. The molecule has 6 heteroatoms. The van der Waals surface area contributed by atoms with E-state index < -0.39 is 0 Å². The first-order valence-electron chi connectivity index (χ1n) is 7.84. The highest BCUT2D eigenvalue weighted by Crippen LogP contribution is 2.26. The van der Waals surface area contributed by atoms with E-state index in [1.807, 2.05) is 0 Å². The van der Waals surface area contributed by atoms with Crippen LogP contribution in [0.15, 0.2) is 16.9 Å². The minimum absolute atomic E-state index is 0.189. The van der Waals surface area contributed by atoms with E-state index in [0.717, 1.165) is 38.0 Å². The molecule has 2 fully saturated rings. The minimum atomic E-state index is -0.189. The third kappa shape index (κ3) is 3.25. The van der Waals surface area contributed by atoms with Gasteiger partial charge in [-0.1, -0.05) is 6.42 Å². The third-order valence-electron chi connectivity index (χ3n) is 4.57. The van der Waals surface area contributed by atoms with Crippen LogP contribution in [0.5, 0.6) is 0 Å². The summed E-state index contributed by atoms with van der Waals surface area (Å²) < 4.78 is 0. The minimum Gasteiger partial charge on any atom is -0.354 e. The fourth-order valence-electron chi connectivity index (χ4n) is 3.04. The predicted octanol–water partition coefficient (Wildman–Crippen LogP) is 1.05. The number of hydrogen-bond acceptors (Lipinski definition) is 4. The molecular weight excluding hydrogens is 268 g/mol. The van der Waals surface area contributed by atoms with E-state index in [4.69, 9.17) is 0 Å². The Kier molecular flexibility index (Phi) is 4.22. The van der Waals surface area contributed by atoms with Crippen LogP contribution >= 0.6 is 0 Å². The highest BCUT2D eigenvalue weighted by Gasteiger charge is 2.28. The smallest absolute Gasteiger partial charge is 0.264 e. The summed E-state index contributed by atoms with van der Waals surface area (Å²) in [6, 6.07) is 3.52. The zero-order chi connectivity index (χ0) is 14.7. The van der Waals surface area contributed by atoms with Crippen molar-refractivity contribution in [3.05, 3.63) is 22.5 Å². The summed E-state index contributed by atoms with van der Waals surface area (Å²) in [4.78, 5) is 25.3. The Labute approximate surface area is 123 Å². The van der Waals surface area contributed by atoms with Crippen molar-refractivity contribution in [2.75, 3.05) is 18.0 Å². The van der Waals surface area contributed by atoms with Gasteiger partial charge in [0, 0.05) is 31.1 Å². The van der Waals surface area contributed by atoms with Crippen molar-refractivity contribution in [1.82, 2.24) is 15.5 Å². The molecule has 21 heavy (non-hydrogen) atoms. The average molecular weight is 290 g/mol. The van der Waals surface area contributed by atoms with Crippen LogP contribution in [0.2, 0.25) is 0 Å². The largest absolute Gasteiger partial charge is 0.354 e. The average Bonchev–Trinajstić information content (AvgIpc) is 2.44. The first-order chi connectivity index (χ1) is 10.2. The zero-order valence-corrected chi connectivity index (χ0v) is 12.2. The molecule has 2 heterocycles.